The number of halogens is 3. The van der Waals surface area contributed by atoms with E-state index in [1.54, 1.807) is 0 Å². The molecule has 0 aliphatic rings. The van der Waals surface area contributed by atoms with Crippen LogP contribution in [-0.2, 0) is 16.2 Å². The van der Waals surface area contributed by atoms with Crippen LogP contribution in [-0.4, -0.2) is 8.42 Å². The smallest absolute Gasteiger partial charge is 0.257 e. The first-order valence-corrected chi connectivity index (χ1v) is 5.57. The Bertz CT molecular complexity index is 496. The van der Waals surface area contributed by atoms with Crippen LogP contribution in [0, 0.1) is 6.92 Å². The molecule has 1 rings (SSSR count). The summed E-state index contributed by atoms with van der Waals surface area (Å²) in [5.74, 6) is 4.72. The van der Waals surface area contributed by atoms with Crippen LogP contribution in [0.2, 0.25) is 0 Å². The van der Waals surface area contributed by atoms with Crippen LogP contribution in [0.4, 0.5) is 13.2 Å². The molecule has 0 aliphatic carbocycles. The lowest BCUT2D eigenvalue weighted by molar-refractivity contribution is -0.138. The maximum absolute atomic E-state index is 12.5. The standard InChI is InChI=1S/C8H9F3N2O2S/c1-5-2-3-6(16(14,15)13-12)4-7(5)8(9,10)11/h2-4,13H,12H2,1H3. The molecule has 0 bridgehead atoms. The second-order valence-corrected chi connectivity index (χ2v) is 4.81. The molecule has 8 heteroatoms. The number of aryl methyl sites for hydroxylation is 1. The van der Waals surface area contributed by atoms with Crippen molar-refractivity contribution in [3.05, 3.63) is 29.3 Å². The molecule has 0 fully saturated rings. The summed E-state index contributed by atoms with van der Waals surface area (Å²) in [4.78, 5) is 0.940. The third kappa shape index (κ3) is 2.52. The average Bonchev–Trinajstić information content (AvgIpc) is 2.16. The summed E-state index contributed by atoms with van der Waals surface area (Å²) in [7, 11) is -4.07. The maximum atomic E-state index is 12.5. The third-order valence-corrected chi connectivity index (χ3v) is 3.16. The van der Waals surface area contributed by atoms with E-state index in [4.69, 9.17) is 5.84 Å². The monoisotopic (exact) mass is 254 g/mol. The van der Waals surface area contributed by atoms with Crippen molar-refractivity contribution in [2.24, 2.45) is 5.84 Å². The highest BCUT2D eigenvalue weighted by Gasteiger charge is 2.33. The SMILES string of the molecule is Cc1ccc(S(=O)(=O)NN)cc1C(F)(F)F. The Hall–Kier alpha value is -1.12. The Kier molecular flexibility index (Phi) is 3.27. The molecular formula is C8H9F3N2O2S. The van der Waals surface area contributed by atoms with E-state index in [1.807, 2.05) is 0 Å². The van der Waals surface area contributed by atoms with Crippen molar-refractivity contribution < 1.29 is 21.6 Å². The first kappa shape index (κ1) is 12.9. The Balaban J connectivity index is 3.40. The van der Waals surface area contributed by atoms with Crippen molar-refractivity contribution in [3.63, 3.8) is 0 Å². The molecule has 0 atom stereocenters. The summed E-state index contributed by atoms with van der Waals surface area (Å²) in [6, 6.07) is 2.68. The molecule has 1 aromatic rings. The lowest BCUT2D eigenvalue weighted by Crippen LogP contribution is -2.30. The fourth-order valence-electron chi connectivity index (χ4n) is 1.14. The highest BCUT2D eigenvalue weighted by atomic mass is 32.2. The van der Waals surface area contributed by atoms with Gasteiger partial charge in [-0.2, -0.15) is 18.0 Å². The lowest BCUT2D eigenvalue weighted by atomic mass is 10.1. The number of hydrogen-bond donors (Lipinski definition) is 2. The Morgan fingerprint density at radius 2 is 1.88 bits per heavy atom. The van der Waals surface area contributed by atoms with Crippen molar-refractivity contribution in [2.45, 2.75) is 18.0 Å². The third-order valence-electron chi connectivity index (χ3n) is 1.98. The minimum atomic E-state index is -4.59. The Morgan fingerprint density at radius 3 is 2.31 bits per heavy atom. The van der Waals surface area contributed by atoms with Crippen LogP contribution in [0.1, 0.15) is 11.1 Å². The Morgan fingerprint density at radius 1 is 1.31 bits per heavy atom. The van der Waals surface area contributed by atoms with Gasteiger partial charge in [-0.05, 0) is 24.6 Å². The number of hydrazine groups is 1. The fourth-order valence-corrected chi connectivity index (χ4v) is 1.80. The zero-order chi connectivity index (χ0) is 12.6. The van der Waals surface area contributed by atoms with Gasteiger partial charge in [0.1, 0.15) is 0 Å². The van der Waals surface area contributed by atoms with Crippen molar-refractivity contribution in [1.82, 2.24) is 4.83 Å². The summed E-state index contributed by atoms with van der Waals surface area (Å²) in [5, 5.41) is 0. The molecule has 0 spiro atoms. The largest absolute Gasteiger partial charge is 0.416 e. The fraction of sp³-hybridized carbons (Fsp3) is 0.250. The van der Waals surface area contributed by atoms with E-state index in [0.29, 0.717) is 6.07 Å². The van der Waals surface area contributed by atoms with Gasteiger partial charge in [-0.15, -0.1) is 0 Å². The van der Waals surface area contributed by atoms with E-state index < -0.39 is 26.7 Å². The molecule has 0 aromatic heterocycles. The summed E-state index contributed by atoms with van der Waals surface area (Å²) in [6.07, 6.45) is -4.59. The Labute approximate surface area is 90.3 Å². The number of rotatable bonds is 2. The molecule has 0 saturated heterocycles. The minimum Gasteiger partial charge on any atom is -0.257 e. The van der Waals surface area contributed by atoms with Gasteiger partial charge in [0, 0.05) is 0 Å². The van der Waals surface area contributed by atoms with Crippen molar-refractivity contribution in [2.75, 3.05) is 0 Å². The van der Waals surface area contributed by atoms with Crippen molar-refractivity contribution >= 4 is 10.0 Å². The van der Waals surface area contributed by atoms with E-state index in [1.165, 1.54) is 11.8 Å². The molecular weight excluding hydrogens is 245 g/mol. The molecule has 3 N–H and O–H groups in total. The first-order chi connectivity index (χ1) is 7.18. The van der Waals surface area contributed by atoms with Gasteiger partial charge < -0.3 is 0 Å². The molecule has 4 nitrogen and oxygen atoms in total. The number of benzene rings is 1. The second-order valence-electron chi connectivity index (χ2n) is 3.10. The molecule has 0 radical (unpaired) electrons. The molecule has 0 amide bonds. The number of sulfonamides is 1. The second kappa shape index (κ2) is 4.04. The summed E-state index contributed by atoms with van der Waals surface area (Å²) < 4.78 is 59.8. The zero-order valence-electron chi connectivity index (χ0n) is 8.17. The van der Waals surface area contributed by atoms with Crippen LogP contribution in [0.3, 0.4) is 0 Å². The summed E-state index contributed by atoms with van der Waals surface area (Å²) in [6.45, 7) is 1.25. The van der Waals surface area contributed by atoms with Gasteiger partial charge in [0.15, 0.2) is 0 Å². The van der Waals surface area contributed by atoms with Gasteiger partial charge in [-0.3, -0.25) is 5.84 Å². The molecule has 0 heterocycles. The summed E-state index contributed by atoms with van der Waals surface area (Å²) >= 11 is 0. The molecule has 0 aliphatic heterocycles. The molecule has 0 saturated carbocycles. The molecule has 16 heavy (non-hydrogen) atoms. The van der Waals surface area contributed by atoms with Gasteiger partial charge >= 0.3 is 6.18 Å². The van der Waals surface area contributed by atoms with Crippen LogP contribution >= 0.6 is 0 Å². The van der Waals surface area contributed by atoms with Crippen LogP contribution < -0.4 is 10.7 Å². The molecule has 90 valence electrons. The normalized spacial score (nSPS) is 12.8. The van der Waals surface area contributed by atoms with Gasteiger partial charge in [-0.1, -0.05) is 6.07 Å². The molecule has 0 unspecified atom stereocenters. The van der Waals surface area contributed by atoms with E-state index in [-0.39, 0.29) is 5.56 Å². The highest BCUT2D eigenvalue weighted by molar-refractivity contribution is 7.89. The van der Waals surface area contributed by atoms with Crippen LogP contribution in [0.25, 0.3) is 0 Å². The molecule has 1 aromatic carbocycles. The number of alkyl halides is 3. The highest BCUT2D eigenvalue weighted by Crippen LogP contribution is 2.33. The van der Waals surface area contributed by atoms with Gasteiger partial charge in [-0.25, -0.2) is 8.42 Å². The minimum absolute atomic E-state index is 0.0523. The van der Waals surface area contributed by atoms with E-state index in [2.05, 4.69) is 0 Å². The van der Waals surface area contributed by atoms with Crippen LogP contribution in [0.5, 0.6) is 0 Å². The predicted octanol–water partition coefficient (Wildman–Crippen LogP) is 1.17. The van der Waals surface area contributed by atoms with E-state index in [0.717, 1.165) is 12.1 Å². The van der Waals surface area contributed by atoms with Crippen molar-refractivity contribution in [1.29, 1.82) is 0 Å². The zero-order valence-corrected chi connectivity index (χ0v) is 8.98. The van der Waals surface area contributed by atoms with E-state index >= 15 is 0 Å². The van der Waals surface area contributed by atoms with Gasteiger partial charge in [0.25, 0.3) is 10.0 Å². The summed E-state index contributed by atoms with van der Waals surface area (Å²) in [5.41, 5.74) is -1.05. The first-order valence-electron chi connectivity index (χ1n) is 4.09. The number of nitrogens with two attached hydrogens (primary N) is 1. The average molecular weight is 254 g/mol. The number of nitrogens with one attached hydrogen (secondary N) is 1. The van der Waals surface area contributed by atoms with E-state index in [9.17, 15) is 21.6 Å². The van der Waals surface area contributed by atoms with Gasteiger partial charge in [0.05, 0.1) is 10.5 Å². The van der Waals surface area contributed by atoms with Gasteiger partial charge in [0.2, 0.25) is 0 Å². The lowest BCUT2D eigenvalue weighted by Gasteiger charge is -2.11. The maximum Gasteiger partial charge on any atom is 0.416 e. The van der Waals surface area contributed by atoms with Crippen molar-refractivity contribution in [3.8, 4) is 0 Å². The topological polar surface area (TPSA) is 72.2 Å². The number of hydrogen-bond acceptors (Lipinski definition) is 3. The quantitative estimate of drug-likeness (QED) is 0.614. The van der Waals surface area contributed by atoms with Crippen LogP contribution in [0.15, 0.2) is 23.1 Å². The predicted molar refractivity (Wildman–Crippen MR) is 50.7 cm³/mol.